The molecule has 2 aromatic carbocycles. The van der Waals surface area contributed by atoms with Crippen LogP contribution in [-0.2, 0) is 22.9 Å². The average molecular weight is 355 g/mol. The van der Waals surface area contributed by atoms with Crippen LogP contribution in [0.25, 0.3) is 0 Å². The third kappa shape index (κ3) is 4.22. The Balaban J connectivity index is 1.70. The molecule has 0 saturated carbocycles. The lowest BCUT2D eigenvalue weighted by Gasteiger charge is -2.16. The zero-order valence-electron chi connectivity index (χ0n) is 14.2. The van der Waals surface area contributed by atoms with Crippen molar-refractivity contribution in [1.29, 1.82) is 0 Å². The molecule has 25 heavy (non-hydrogen) atoms. The number of methoxy groups -OCH3 is 1. The van der Waals surface area contributed by atoms with Crippen LogP contribution >= 0.6 is 0 Å². The van der Waals surface area contributed by atoms with Gasteiger partial charge in [-0.25, -0.2) is 8.42 Å². The van der Waals surface area contributed by atoms with Crippen molar-refractivity contribution in [2.24, 2.45) is 0 Å². The molecular weight excluding hydrogens is 334 g/mol. The zero-order chi connectivity index (χ0) is 17.7. The van der Waals surface area contributed by atoms with Crippen molar-refractivity contribution in [1.82, 2.24) is 4.72 Å². The summed E-state index contributed by atoms with van der Waals surface area (Å²) >= 11 is 0. The number of benzene rings is 2. The first-order valence-electron chi connectivity index (χ1n) is 8.33. The largest absolute Gasteiger partial charge is 0.495 e. The quantitative estimate of drug-likeness (QED) is 0.858. The molecule has 0 bridgehead atoms. The monoisotopic (exact) mass is 355 g/mol. The fourth-order valence-corrected chi connectivity index (χ4v) is 3.95. The highest BCUT2D eigenvalue weighted by Gasteiger charge is 2.16. The van der Waals surface area contributed by atoms with E-state index in [2.05, 4.69) is 16.6 Å². The Hall–Kier alpha value is -2.29. The van der Waals surface area contributed by atoms with Gasteiger partial charge in [0.15, 0.2) is 0 Å². The van der Waals surface area contributed by atoms with Gasteiger partial charge in [-0.3, -0.25) is 0 Å². The smallest absolute Gasteiger partial charge is 0.241 e. The number of nitrogens with one attached hydrogen (secondary N) is 1. The van der Waals surface area contributed by atoms with Crippen LogP contribution in [0.2, 0.25) is 0 Å². The molecular formula is C20H21NO3S. The van der Waals surface area contributed by atoms with Crippen LogP contribution in [0.3, 0.4) is 0 Å². The molecule has 5 heteroatoms. The second-order valence-corrected chi connectivity index (χ2v) is 7.73. The molecule has 1 N–H and O–H groups in total. The molecule has 0 amide bonds. The summed E-state index contributed by atoms with van der Waals surface area (Å²) in [6, 6.07) is 12.8. The van der Waals surface area contributed by atoms with E-state index in [1.165, 1.54) is 12.0 Å². The Labute approximate surface area is 149 Å². The highest BCUT2D eigenvalue weighted by molar-refractivity contribution is 7.89. The molecule has 2 aromatic rings. The molecule has 0 atom stereocenters. The third-order valence-corrected chi connectivity index (χ3v) is 5.71. The molecule has 0 aliphatic heterocycles. The van der Waals surface area contributed by atoms with E-state index in [0.717, 1.165) is 30.4 Å². The van der Waals surface area contributed by atoms with Gasteiger partial charge in [-0.15, -0.1) is 0 Å². The number of rotatable bonds is 4. The van der Waals surface area contributed by atoms with Gasteiger partial charge in [0.2, 0.25) is 10.0 Å². The van der Waals surface area contributed by atoms with Gasteiger partial charge < -0.3 is 4.74 Å². The number of para-hydroxylation sites is 1. The Kier molecular flexibility index (Phi) is 5.42. The predicted octanol–water partition coefficient (Wildman–Crippen LogP) is 2.90. The minimum atomic E-state index is -3.55. The van der Waals surface area contributed by atoms with E-state index in [4.69, 9.17) is 4.74 Å². The molecule has 0 saturated heterocycles. The van der Waals surface area contributed by atoms with Gasteiger partial charge in [-0.1, -0.05) is 30.0 Å². The molecule has 1 aliphatic carbocycles. The first-order chi connectivity index (χ1) is 12.1. The molecule has 3 rings (SSSR count). The molecule has 0 radical (unpaired) electrons. The van der Waals surface area contributed by atoms with E-state index in [0.29, 0.717) is 10.6 Å². The Morgan fingerprint density at radius 1 is 1.08 bits per heavy atom. The van der Waals surface area contributed by atoms with Crippen molar-refractivity contribution in [3.05, 3.63) is 59.2 Å². The number of hydrogen-bond acceptors (Lipinski definition) is 3. The maximum Gasteiger partial charge on any atom is 0.241 e. The highest BCUT2D eigenvalue weighted by atomic mass is 32.2. The van der Waals surface area contributed by atoms with E-state index in [1.807, 2.05) is 30.3 Å². The predicted molar refractivity (Wildman–Crippen MR) is 98.1 cm³/mol. The van der Waals surface area contributed by atoms with E-state index in [1.54, 1.807) is 19.2 Å². The van der Waals surface area contributed by atoms with Crippen molar-refractivity contribution in [3.8, 4) is 17.6 Å². The lowest BCUT2D eigenvalue weighted by Crippen LogP contribution is -2.24. The number of fused-ring (bicyclic) bond motifs is 1. The summed E-state index contributed by atoms with van der Waals surface area (Å²) in [5.41, 5.74) is 3.15. The fourth-order valence-electron chi connectivity index (χ4n) is 2.98. The van der Waals surface area contributed by atoms with Gasteiger partial charge in [0.05, 0.1) is 24.1 Å². The lowest BCUT2D eigenvalue weighted by molar-refractivity contribution is 0.413. The van der Waals surface area contributed by atoms with Crippen LogP contribution in [0.15, 0.2) is 47.4 Å². The summed E-state index contributed by atoms with van der Waals surface area (Å²) in [5.74, 6) is 6.45. The number of ether oxygens (including phenoxy) is 1. The van der Waals surface area contributed by atoms with Crippen molar-refractivity contribution in [2.75, 3.05) is 13.7 Å². The maximum absolute atomic E-state index is 12.4. The number of hydrogen-bond donors (Lipinski definition) is 1. The summed E-state index contributed by atoms with van der Waals surface area (Å²) in [4.78, 5) is 0.312. The van der Waals surface area contributed by atoms with Crippen molar-refractivity contribution >= 4 is 10.0 Å². The van der Waals surface area contributed by atoms with Crippen LogP contribution in [0, 0.1) is 11.8 Å². The summed E-state index contributed by atoms with van der Waals surface area (Å²) in [6.45, 7) is 0.0530. The van der Waals surface area contributed by atoms with E-state index < -0.39 is 10.0 Å². The second kappa shape index (κ2) is 7.73. The first-order valence-corrected chi connectivity index (χ1v) is 9.82. The average Bonchev–Trinajstić information content (AvgIpc) is 2.65. The maximum atomic E-state index is 12.4. The normalized spacial score (nSPS) is 13.5. The van der Waals surface area contributed by atoms with Gasteiger partial charge in [0.25, 0.3) is 0 Å². The van der Waals surface area contributed by atoms with Crippen molar-refractivity contribution < 1.29 is 13.2 Å². The number of sulfonamides is 1. The standard InChI is InChI=1S/C20H21NO3S/c1-24-20-11-5-4-8-17(20)10-6-14-21-25(22,23)19-13-12-16-7-2-3-9-18(16)15-19/h4-5,8,11-13,15,21H,2-3,7,9,14H2,1H3. The molecule has 130 valence electrons. The third-order valence-electron chi connectivity index (χ3n) is 4.31. The fraction of sp³-hybridized carbons (Fsp3) is 0.300. The summed E-state index contributed by atoms with van der Waals surface area (Å²) < 4.78 is 32.7. The van der Waals surface area contributed by atoms with Gasteiger partial charge in [-0.2, -0.15) is 4.72 Å². The van der Waals surface area contributed by atoms with Gasteiger partial charge in [-0.05, 0) is 61.1 Å². The molecule has 0 aromatic heterocycles. The Bertz CT molecular complexity index is 923. The lowest BCUT2D eigenvalue weighted by atomic mass is 9.92. The SMILES string of the molecule is COc1ccccc1C#CCNS(=O)(=O)c1ccc2c(c1)CCCC2. The zero-order valence-corrected chi connectivity index (χ0v) is 15.0. The topological polar surface area (TPSA) is 55.4 Å². The van der Waals surface area contributed by atoms with Crippen molar-refractivity contribution in [3.63, 3.8) is 0 Å². The van der Waals surface area contributed by atoms with Gasteiger partial charge in [0, 0.05) is 0 Å². The molecule has 4 nitrogen and oxygen atoms in total. The Morgan fingerprint density at radius 2 is 1.84 bits per heavy atom. The second-order valence-electron chi connectivity index (χ2n) is 5.96. The van der Waals surface area contributed by atoms with E-state index in [-0.39, 0.29) is 6.54 Å². The van der Waals surface area contributed by atoms with Crippen LogP contribution in [0.4, 0.5) is 0 Å². The van der Waals surface area contributed by atoms with Gasteiger partial charge >= 0.3 is 0 Å². The molecule has 1 aliphatic rings. The van der Waals surface area contributed by atoms with Crippen LogP contribution in [0.5, 0.6) is 5.75 Å². The van der Waals surface area contributed by atoms with Crippen LogP contribution in [-0.4, -0.2) is 22.1 Å². The van der Waals surface area contributed by atoms with Crippen LogP contribution < -0.4 is 9.46 Å². The highest BCUT2D eigenvalue weighted by Crippen LogP contribution is 2.24. The minimum absolute atomic E-state index is 0.0530. The first kappa shape index (κ1) is 17.5. The molecule has 0 heterocycles. The molecule has 0 spiro atoms. The summed E-state index contributed by atoms with van der Waals surface area (Å²) in [7, 11) is -1.96. The summed E-state index contributed by atoms with van der Waals surface area (Å²) in [6.07, 6.45) is 4.28. The minimum Gasteiger partial charge on any atom is -0.495 e. The van der Waals surface area contributed by atoms with Gasteiger partial charge in [0.1, 0.15) is 5.75 Å². The van der Waals surface area contributed by atoms with E-state index in [9.17, 15) is 8.42 Å². The van der Waals surface area contributed by atoms with Crippen LogP contribution in [0.1, 0.15) is 29.5 Å². The Morgan fingerprint density at radius 3 is 2.64 bits per heavy atom. The molecule has 0 fully saturated rings. The number of aryl methyl sites for hydroxylation is 2. The van der Waals surface area contributed by atoms with Crippen molar-refractivity contribution in [2.45, 2.75) is 30.6 Å². The van der Waals surface area contributed by atoms with E-state index >= 15 is 0 Å². The molecule has 0 unspecified atom stereocenters. The summed E-state index contributed by atoms with van der Waals surface area (Å²) in [5, 5.41) is 0.